The first-order valence-corrected chi connectivity index (χ1v) is 6.33. The van der Waals surface area contributed by atoms with Crippen molar-refractivity contribution < 1.29 is 9.53 Å². The summed E-state index contributed by atoms with van der Waals surface area (Å²) in [4.78, 5) is 11.8. The van der Waals surface area contributed by atoms with Gasteiger partial charge in [0.2, 0.25) is 5.91 Å². The van der Waals surface area contributed by atoms with Gasteiger partial charge in [-0.2, -0.15) is 0 Å². The maximum Gasteiger partial charge on any atom is 0.220 e. The molecule has 4 nitrogen and oxygen atoms in total. The van der Waals surface area contributed by atoms with Crippen LogP contribution in [0.2, 0.25) is 0 Å². The summed E-state index contributed by atoms with van der Waals surface area (Å²) < 4.78 is 5.33. The minimum Gasteiger partial charge on any atom is -0.381 e. The first kappa shape index (κ1) is 11.9. The van der Waals surface area contributed by atoms with Gasteiger partial charge in [0.25, 0.3) is 0 Å². The molecule has 2 aliphatic heterocycles. The third-order valence-corrected chi connectivity index (χ3v) is 3.70. The summed E-state index contributed by atoms with van der Waals surface area (Å²) in [6.07, 6.45) is 2.88. The summed E-state index contributed by atoms with van der Waals surface area (Å²) in [5, 5.41) is 6.39. The molecule has 0 aromatic heterocycles. The van der Waals surface area contributed by atoms with Gasteiger partial charge in [-0.3, -0.25) is 4.79 Å². The highest BCUT2D eigenvalue weighted by Crippen LogP contribution is 2.17. The summed E-state index contributed by atoms with van der Waals surface area (Å²) in [7, 11) is 0. The summed E-state index contributed by atoms with van der Waals surface area (Å²) in [6, 6.07) is 0.254. The fourth-order valence-electron chi connectivity index (χ4n) is 2.53. The molecule has 0 aliphatic carbocycles. The van der Waals surface area contributed by atoms with Crippen LogP contribution in [-0.4, -0.2) is 38.3 Å². The van der Waals surface area contributed by atoms with Crippen molar-refractivity contribution in [3.8, 4) is 0 Å². The van der Waals surface area contributed by atoms with Crippen molar-refractivity contribution in [1.82, 2.24) is 10.6 Å². The van der Waals surface area contributed by atoms with Gasteiger partial charge in [0.05, 0.1) is 6.61 Å². The van der Waals surface area contributed by atoms with Crippen LogP contribution in [-0.2, 0) is 9.53 Å². The molecule has 4 heteroatoms. The predicted octanol–water partition coefficient (Wildman–Crippen LogP) is 0.527. The van der Waals surface area contributed by atoms with E-state index >= 15 is 0 Å². The lowest BCUT2D eigenvalue weighted by atomic mass is 9.99. The Morgan fingerprint density at radius 2 is 2.44 bits per heavy atom. The molecule has 1 amide bonds. The van der Waals surface area contributed by atoms with Crippen molar-refractivity contribution in [2.24, 2.45) is 11.8 Å². The average molecular weight is 226 g/mol. The fraction of sp³-hybridized carbons (Fsp3) is 0.917. The highest BCUT2D eigenvalue weighted by molar-refractivity contribution is 5.76. The summed E-state index contributed by atoms with van der Waals surface area (Å²) in [5.74, 6) is 1.24. The van der Waals surface area contributed by atoms with Gasteiger partial charge in [-0.1, -0.05) is 0 Å². The Morgan fingerprint density at radius 1 is 1.56 bits per heavy atom. The van der Waals surface area contributed by atoms with Gasteiger partial charge in [0.15, 0.2) is 0 Å². The second-order valence-corrected chi connectivity index (χ2v) is 5.04. The second-order valence-electron chi connectivity index (χ2n) is 5.04. The Hall–Kier alpha value is -0.610. The van der Waals surface area contributed by atoms with E-state index < -0.39 is 0 Å². The van der Waals surface area contributed by atoms with Crippen LogP contribution in [0, 0.1) is 11.8 Å². The fourth-order valence-corrected chi connectivity index (χ4v) is 2.53. The average Bonchev–Trinajstić information content (AvgIpc) is 2.88. The highest BCUT2D eigenvalue weighted by Gasteiger charge is 2.25. The van der Waals surface area contributed by atoms with Crippen LogP contribution in [0.4, 0.5) is 0 Å². The number of hydrogen-bond donors (Lipinski definition) is 2. The molecule has 2 saturated heterocycles. The number of ether oxygens (including phenoxy) is 1. The zero-order valence-electron chi connectivity index (χ0n) is 10.00. The van der Waals surface area contributed by atoms with Crippen molar-refractivity contribution >= 4 is 5.91 Å². The number of nitrogens with one attached hydrogen (secondary N) is 2. The lowest BCUT2D eigenvalue weighted by molar-refractivity contribution is -0.122. The zero-order chi connectivity index (χ0) is 11.4. The Kier molecular flexibility index (Phi) is 4.18. The third-order valence-electron chi connectivity index (χ3n) is 3.70. The van der Waals surface area contributed by atoms with Crippen LogP contribution < -0.4 is 10.6 Å². The maximum atomic E-state index is 11.8. The van der Waals surface area contributed by atoms with Crippen molar-refractivity contribution in [2.75, 3.05) is 26.3 Å². The topological polar surface area (TPSA) is 50.4 Å². The number of carbonyl (C=O) groups is 1. The van der Waals surface area contributed by atoms with Crippen molar-refractivity contribution in [2.45, 2.75) is 32.2 Å². The standard InChI is InChI=1S/C12H22N2O2/c1-9(11-3-5-16-8-11)14-12(15)6-10-2-4-13-7-10/h9-11,13H,2-8H2,1H3,(H,14,15). The van der Waals surface area contributed by atoms with Gasteiger partial charge in [0, 0.05) is 25.0 Å². The molecule has 0 aromatic carbocycles. The van der Waals surface area contributed by atoms with Gasteiger partial charge in [-0.15, -0.1) is 0 Å². The molecule has 2 N–H and O–H groups in total. The quantitative estimate of drug-likeness (QED) is 0.735. The molecule has 16 heavy (non-hydrogen) atoms. The normalized spacial score (nSPS) is 31.6. The SMILES string of the molecule is CC(NC(=O)CC1CCNC1)C1CCOC1. The van der Waals surface area contributed by atoms with E-state index in [9.17, 15) is 4.79 Å². The number of amides is 1. The van der Waals surface area contributed by atoms with Crippen LogP contribution in [0.25, 0.3) is 0 Å². The van der Waals surface area contributed by atoms with E-state index in [0.717, 1.165) is 39.1 Å². The van der Waals surface area contributed by atoms with E-state index in [1.807, 2.05) is 0 Å². The third kappa shape index (κ3) is 3.19. The highest BCUT2D eigenvalue weighted by atomic mass is 16.5. The first-order valence-electron chi connectivity index (χ1n) is 6.33. The molecular formula is C12H22N2O2. The van der Waals surface area contributed by atoms with Crippen molar-refractivity contribution in [3.63, 3.8) is 0 Å². The van der Waals surface area contributed by atoms with Gasteiger partial charge in [-0.25, -0.2) is 0 Å². The Morgan fingerprint density at radius 3 is 3.06 bits per heavy atom. The molecule has 92 valence electrons. The molecule has 2 aliphatic rings. The summed E-state index contributed by atoms with van der Waals surface area (Å²) in [6.45, 7) is 5.78. The van der Waals surface area contributed by atoms with E-state index in [2.05, 4.69) is 17.6 Å². The van der Waals surface area contributed by atoms with Crippen LogP contribution in [0.15, 0.2) is 0 Å². The summed E-state index contributed by atoms with van der Waals surface area (Å²) in [5.41, 5.74) is 0. The van der Waals surface area contributed by atoms with E-state index in [1.54, 1.807) is 0 Å². The number of rotatable bonds is 4. The zero-order valence-corrected chi connectivity index (χ0v) is 10.00. The number of hydrogen-bond acceptors (Lipinski definition) is 3. The maximum absolute atomic E-state index is 11.8. The van der Waals surface area contributed by atoms with E-state index in [4.69, 9.17) is 4.74 Å². The molecule has 2 fully saturated rings. The van der Waals surface area contributed by atoms with E-state index in [-0.39, 0.29) is 11.9 Å². The van der Waals surface area contributed by atoms with Gasteiger partial charge >= 0.3 is 0 Å². The lowest BCUT2D eigenvalue weighted by Gasteiger charge is -2.20. The molecule has 0 aromatic rings. The second kappa shape index (κ2) is 5.64. The van der Waals surface area contributed by atoms with E-state index in [0.29, 0.717) is 18.3 Å². The van der Waals surface area contributed by atoms with Crippen LogP contribution >= 0.6 is 0 Å². The van der Waals surface area contributed by atoms with Crippen molar-refractivity contribution in [3.05, 3.63) is 0 Å². The minimum atomic E-state index is 0.202. The first-order chi connectivity index (χ1) is 7.75. The monoisotopic (exact) mass is 226 g/mol. The molecule has 0 radical (unpaired) electrons. The molecule has 0 bridgehead atoms. The molecule has 2 heterocycles. The molecule has 0 spiro atoms. The smallest absolute Gasteiger partial charge is 0.220 e. The lowest BCUT2D eigenvalue weighted by Crippen LogP contribution is -2.39. The van der Waals surface area contributed by atoms with Crippen LogP contribution in [0.3, 0.4) is 0 Å². The Labute approximate surface area is 97.1 Å². The van der Waals surface area contributed by atoms with E-state index in [1.165, 1.54) is 0 Å². The molecule has 3 atom stereocenters. The minimum absolute atomic E-state index is 0.202. The molecule has 3 unspecified atom stereocenters. The Bertz CT molecular complexity index is 233. The Balaban J connectivity index is 1.68. The predicted molar refractivity (Wildman–Crippen MR) is 62.1 cm³/mol. The van der Waals surface area contributed by atoms with Gasteiger partial charge in [0.1, 0.15) is 0 Å². The van der Waals surface area contributed by atoms with Crippen LogP contribution in [0.1, 0.15) is 26.2 Å². The molecular weight excluding hydrogens is 204 g/mol. The molecule has 0 saturated carbocycles. The van der Waals surface area contributed by atoms with Gasteiger partial charge in [-0.05, 0) is 38.8 Å². The largest absolute Gasteiger partial charge is 0.381 e. The molecule has 2 rings (SSSR count). The number of carbonyl (C=O) groups excluding carboxylic acids is 1. The van der Waals surface area contributed by atoms with Gasteiger partial charge < -0.3 is 15.4 Å². The van der Waals surface area contributed by atoms with Crippen molar-refractivity contribution in [1.29, 1.82) is 0 Å². The van der Waals surface area contributed by atoms with Crippen LogP contribution in [0.5, 0.6) is 0 Å². The summed E-state index contributed by atoms with van der Waals surface area (Å²) >= 11 is 0.